The molecule has 0 aliphatic carbocycles. The first-order valence-corrected chi connectivity index (χ1v) is 8.32. The summed E-state index contributed by atoms with van der Waals surface area (Å²) in [5.41, 5.74) is 2.75. The van der Waals surface area contributed by atoms with E-state index < -0.39 is 0 Å². The van der Waals surface area contributed by atoms with Gasteiger partial charge in [0.25, 0.3) is 0 Å². The lowest BCUT2D eigenvalue weighted by molar-refractivity contribution is -0.115. The predicted molar refractivity (Wildman–Crippen MR) is 90.6 cm³/mol. The zero-order valence-corrected chi connectivity index (χ0v) is 14.1. The molecule has 23 heavy (non-hydrogen) atoms. The number of aromatic nitrogens is 3. The summed E-state index contributed by atoms with van der Waals surface area (Å²) in [6.07, 6.45) is 0. The number of anilines is 1. The van der Waals surface area contributed by atoms with Crippen LogP contribution in [0.1, 0.15) is 19.5 Å². The van der Waals surface area contributed by atoms with E-state index in [0.29, 0.717) is 5.88 Å². The van der Waals surface area contributed by atoms with Crippen LogP contribution in [0.4, 0.5) is 5.88 Å². The number of hydrogen-bond donors (Lipinski definition) is 1. The number of nitrogens with one attached hydrogen (secondary N) is 1. The Morgan fingerprint density at radius 2 is 2.22 bits per heavy atom. The highest BCUT2D eigenvalue weighted by molar-refractivity contribution is 8.00. The molecule has 0 fully saturated rings. The minimum Gasteiger partial charge on any atom is -0.338 e. The molecule has 1 aromatic carbocycles. The number of amides is 1. The van der Waals surface area contributed by atoms with Crippen LogP contribution in [0.15, 0.2) is 40.0 Å². The van der Waals surface area contributed by atoms with Gasteiger partial charge in [-0.05, 0) is 32.9 Å². The molecule has 2 aromatic heterocycles. The molecule has 0 aliphatic rings. The molecule has 120 valence electrons. The minimum absolute atomic E-state index is 0.138. The molecule has 6 nitrogen and oxygen atoms in total. The monoisotopic (exact) mass is 330 g/mol. The largest absolute Gasteiger partial charge is 0.338 e. The molecule has 0 saturated heterocycles. The van der Waals surface area contributed by atoms with Gasteiger partial charge < -0.3 is 9.09 Å². The highest BCUT2D eigenvalue weighted by atomic mass is 32.2. The van der Waals surface area contributed by atoms with Gasteiger partial charge in [0, 0.05) is 12.6 Å². The van der Waals surface area contributed by atoms with Crippen LogP contribution >= 0.6 is 11.8 Å². The number of thioether (sulfide) groups is 1. The lowest BCUT2D eigenvalue weighted by Crippen LogP contribution is -2.22. The fourth-order valence-corrected chi connectivity index (χ4v) is 3.29. The number of carbonyl (C=O) groups is 1. The summed E-state index contributed by atoms with van der Waals surface area (Å²) in [5.74, 6) is 0.227. The van der Waals surface area contributed by atoms with Gasteiger partial charge in [-0.1, -0.05) is 29.1 Å². The lowest BCUT2D eigenvalue weighted by atomic mass is 10.3. The molecular formula is C16H18N4O2S. The van der Waals surface area contributed by atoms with Crippen LogP contribution in [0.5, 0.6) is 0 Å². The lowest BCUT2D eigenvalue weighted by Gasteiger charge is -2.11. The molecule has 0 saturated carbocycles. The van der Waals surface area contributed by atoms with Crippen LogP contribution in [0.2, 0.25) is 0 Å². The van der Waals surface area contributed by atoms with Gasteiger partial charge in [0.15, 0.2) is 5.16 Å². The second kappa shape index (κ2) is 6.45. The van der Waals surface area contributed by atoms with Crippen LogP contribution in [0.25, 0.3) is 11.0 Å². The standard InChI is InChI=1S/C16H18N4O2S/c1-4-20-13-8-6-5-7-12(13)17-16(20)23-11(3)15(21)18-14-9-10(2)19-22-14/h5-9,11H,4H2,1-3H3,(H,18,21). The first-order chi connectivity index (χ1) is 11.1. The maximum atomic E-state index is 12.3. The number of benzene rings is 1. The summed E-state index contributed by atoms with van der Waals surface area (Å²) in [5, 5.41) is 7.02. The SMILES string of the molecule is CCn1c(SC(C)C(=O)Nc2cc(C)no2)nc2ccccc21. The Kier molecular flexibility index (Phi) is 4.38. The zero-order valence-electron chi connectivity index (χ0n) is 13.2. The van der Waals surface area contributed by atoms with Crippen molar-refractivity contribution in [2.75, 3.05) is 5.32 Å². The number of imidazole rings is 1. The van der Waals surface area contributed by atoms with Crippen LogP contribution in [0, 0.1) is 6.92 Å². The van der Waals surface area contributed by atoms with Crippen molar-refractivity contribution in [3.63, 3.8) is 0 Å². The zero-order chi connectivity index (χ0) is 16.4. The van der Waals surface area contributed by atoms with Crippen molar-refractivity contribution in [1.82, 2.24) is 14.7 Å². The topological polar surface area (TPSA) is 73.0 Å². The molecule has 1 atom stereocenters. The number of carbonyl (C=O) groups excluding carboxylic acids is 1. The van der Waals surface area contributed by atoms with E-state index in [2.05, 4.69) is 26.9 Å². The molecule has 2 heterocycles. The van der Waals surface area contributed by atoms with Crippen molar-refractivity contribution in [3.8, 4) is 0 Å². The van der Waals surface area contributed by atoms with Gasteiger partial charge in [-0.25, -0.2) is 4.98 Å². The van der Waals surface area contributed by atoms with Crippen LogP contribution in [-0.4, -0.2) is 25.9 Å². The van der Waals surface area contributed by atoms with E-state index in [1.54, 1.807) is 13.0 Å². The second-order valence-electron chi connectivity index (χ2n) is 5.21. The summed E-state index contributed by atoms with van der Waals surface area (Å²) in [7, 11) is 0. The Morgan fingerprint density at radius 3 is 2.91 bits per heavy atom. The first-order valence-electron chi connectivity index (χ1n) is 7.44. The van der Waals surface area contributed by atoms with E-state index in [9.17, 15) is 4.79 Å². The van der Waals surface area contributed by atoms with Gasteiger partial charge in [-0.15, -0.1) is 0 Å². The Labute approximate surface area is 138 Å². The Balaban J connectivity index is 1.76. The Hall–Kier alpha value is -2.28. The number of nitrogens with zero attached hydrogens (tertiary/aromatic N) is 3. The third kappa shape index (κ3) is 3.24. The van der Waals surface area contributed by atoms with Crippen molar-refractivity contribution < 1.29 is 9.32 Å². The molecule has 0 aliphatic heterocycles. The van der Waals surface area contributed by atoms with Gasteiger partial charge >= 0.3 is 0 Å². The third-order valence-corrected chi connectivity index (χ3v) is 4.55. The smallest absolute Gasteiger partial charge is 0.240 e. The summed E-state index contributed by atoms with van der Waals surface area (Å²) in [6, 6.07) is 9.67. The van der Waals surface area contributed by atoms with Crippen LogP contribution < -0.4 is 5.32 Å². The van der Waals surface area contributed by atoms with Crippen molar-refractivity contribution in [1.29, 1.82) is 0 Å². The average molecular weight is 330 g/mol. The fourth-order valence-electron chi connectivity index (χ4n) is 2.31. The van der Waals surface area contributed by atoms with E-state index in [0.717, 1.165) is 28.4 Å². The normalized spacial score (nSPS) is 12.5. The maximum Gasteiger partial charge on any atom is 0.240 e. The quantitative estimate of drug-likeness (QED) is 0.725. The van der Waals surface area contributed by atoms with Gasteiger partial charge in [-0.3, -0.25) is 10.1 Å². The van der Waals surface area contributed by atoms with Gasteiger partial charge in [-0.2, -0.15) is 0 Å². The van der Waals surface area contributed by atoms with Crippen molar-refractivity contribution in [3.05, 3.63) is 36.0 Å². The third-order valence-electron chi connectivity index (χ3n) is 3.46. The molecule has 3 aromatic rings. The molecular weight excluding hydrogens is 312 g/mol. The van der Waals surface area contributed by atoms with Gasteiger partial charge in [0.05, 0.1) is 22.0 Å². The Morgan fingerprint density at radius 1 is 1.43 bits per heavy atom. The average Bonchev–Trinajstić information content (AvgIpc) is 3.09. The molecule has 1 unspecified atom stereocenters. The number of hydrogen-bond acceptors (Lipinski definition) is 5. The van der Waals surface area contributed by atoms with Crippen molar-refractivity contribution >= 4 is 34.6 Å². The fraction of sp³-hybridized carbons (Fsp3) is 0.312. The highest BCUT2D eigenvalue weighted by Crippen LogP contribution is 2.27. The van der Waals surface area contributed by atoms with Crippen molar-refractivity contribution in [2.24, 2.45) is 0 Å². The summed E-state index contributed by atoms with van der Waals surface area (Å²) < 4.78 is 7.13. The Bertz CT molecular complexity index is 840. The molecule has 7 heteroatoms. The van der Waals surface area contributed by atoms with E-state index in [-0.39, 0.29) is 11.2 Å². The summed E-state index contributed by atoms with van der Waals surface area (Å²) in [6.45, 7) is 6.53. The maximum absolute atomic E-state index is 12.3. The number of aryl methyl sites for hydroxylation is 2. The van der Waals surface area contributed by atoms with E-state index in [1.807, 2.05) is 31.2 Å². The molecule has 0 radical (unpaired) electrons. The minimum atomic E-state index is -0.303. The van der Waals surface area contributed by atoms with Crippen molar-refractivity contribution in [2.45, 2.75) is 37.7 Å². The van der Waals surface area contributed by atoms with Gasteiger partial charge in [0.2, 0.25) is 11.8 Å². The predicted octanol–water partition coefficient (Wildman–Crippen LogP) is 3.47. The van der Waals surface area contributed by atoms with Gasteiger partial charge in [0.1, 0.15) is 0 Å². The van der Waals surface area contributed by atoms with E-state index in [1.165, 1.54) is 11.8 Å². The van der Waals surface area contributed by atoms with Crippen LogP contribution in [0.3, 0.4) is 0 Å². The van der Waals surface area contributed by atoms with E-state index in [4.69, 9.17) is 4.52 Å². The van der Waals surface area contributed by atoms with Crippen LogP contribution in [-0.2, 0) is 11.3 Å². The second-order valence-corrected chi connectivity index (χ2v) is 6.52. The molecule has 1 amide bonds. The molecule has 0 bridgehead atoms. The molecule has 0 spiro atoms. The number of rotatable bonds is 5. The number of fused-ring (bicyclic) bond motifs is 1. The first kappa shape index (κ1) is 15.6. The molecule has 1 N–H and O–H groups in total. The van der Waals surface area contributed by atoms with E-state index >= 15 is 0 Å². The summed E-state index contributed by atoms with van der Waals surface area (Å²) >= 11 is 1.43. The molecule has 3 rings (SSSR count). The highest BCUT2D eigenvalue weighted by Gasteiger charge is 2.20. The number of para-hydroxylation sites is 2. The summed E-state index contributed by atoms with van der Waals surface area (Å²) in [4.78, 5) is 16.9.